The molecule has 0 aliphatic heterocycles. The highest BCUT2D eigenvalue weighted by Crippen LogP contribution is 2.65. The molecule has 1 heterocycles. The fraction of sp³-hybridized carbons (Fsp3) is 0.0571. The average molecular weight is 932 g/mol. The predicted octanol–water partition coefficient (Wildman–Crippen LogP) is 19.3. The fourth-order valence-electron chi connectivity index (χ4n) is 13.9. The lowest BCUT2D eigenvalue weighted by Gasteiger charge is -2.35. The lowest BCUT2D eigenvalue weighted by molar-refractivity contribution is 0.661. The smallest absolute Gasteiger partial charge is 0.0726 e. The Labute approximate surface area is 422 Å². The van der Waals surface area contributed by atoms with E-state index in [1.807, 2.05) is 11.3 Å². The molecule has 0 N–H and O–H groups in total. The van der Waals surface area contributed by atoms with Crippen molar-refractivity contribution < 1.29 is 0 Å². The highest BCUT2D eigenvalue weighted by atomic mass is 32.1. The first-order valence-corrected chi connectivity index (χ1v) is 26.1. The number of thiophene rings is 1. The molecule has 2 heteroatoms. The second-order valence-electron chi connectivity index (χ2n) is 20.6. The third-order valence-electron chi connectivity index (χ3n) is 16.8. The third kappa shape index (κ3) is 5.17. The van der Waals surface area contributed by atoms with Gasteiger partial charge in [-0.2, -0.15) is 0 Å². The molecule has 0 fully saturated rings. The molecule has 1 aromatic heterocycles. The van der Waals surface area contributed by atoms with E-state index in [0.717, 1.165) is 11.4 Å². The van der Waals surface area contributed by atoms with Crippen LogP contribution in [-0.2, 0) is 10.8 Å². The first-order valence-electron chi connectivity index (χ1n) is 25.2. The van der Waals surface area contributed by atoms with E-state index in [0.29, 0.717) is 0 Å². The monoisotopic (exact) mass is 931 g/mol. The molecule has 0 saturated heterocycles. The number of benzene rings is 12. The number of rotatable bonds is 4. The van der Waals surface area contributed by atoms with Gasteiger partial charge in [0, 0.05) is 36.8 Å². The normalized spacial score (nSPS) is 14.2. The molecule has 3 aliphatic carbocycles. The molecule has 0 bridgehead atoms. The fourth-order valence-corrected chi connectivity index (χ4v) is 15.0. The topological polar surface area (TPSA) is 3.24 Å². The molecular formula is C70H45NS. The maximum absolute atomic E-state index is 2.66. The number of nitrogens with zero attached hydrogens (tertiary/aromatic N) is 1. The van der Waals surface area contributed by atoms with Crippen LogP contribution >= 0.6 is 11.3 Å². The van der Waals surface area contributed by atoms with Crippen molar-refractivity contribution in [2.45, 2.75) is 24.7 Å². The van der Waals surface area contributed by atoms with E-state index in [1.54, 1.807) is 0 Å². The van der Waals surface area contributed by atoms with Crippen LogP contribution in [0.15, 0.2) is 237 Å². The summed E-state index contributed by atoms with van der Waals surface area (Å²) in [6.07, 6.45) is 0. The summed E-state index contributed by atoms with van der Waals surface area (Å²) in [5.74, 6) is 0. The Balaban J connectivity index is 1.08. The number of hydrogen-bond donors (Lipinski definition) is 0. The van der Waals surface area contributed by atoms with Gasteiger partial charge in [-0.25, -0.2) is 0 Å². The molecule has 1 spiro atoms. The zero-order valence-electron chi connectivity index (χ0n) is 39.9. The van der Waals surface area contributed by atoms with Crippen molar-refractivity contribution in [3.63, 3.8) is 0 Å². The van der Waals surface area contributed by atoms with Crippen LogP contribution in [0.5, 0.6) is 0 Å². The van der Waals surface area contributed by atoms with Crippen molar-refractivity contribution in [2.24, 2.45) is 0 Å². The third-order valence-corrected chi connectivity index (χ3v) is 18.0. The highest BCUT2D eigenvalue weighted by Gasteiger charge is 2.52. The zero-order chi connectivity index (χ0) is 47.5. The molecule has 1 nitrogen and oxygen atoms in total. The molecule has 16 rings (SSSR count). The van der Waals surface area contributed by atoms with Crippen LogP contribution in [0, 0.1) is 0 Å². The van der Waals surface area contributed by atoms with Gasteiger partial charge in [0.25, 0.3) is 0 Å². The van der Waals surface area contributed by atoms with Crippen LogP contribution in [0.3, 0.4) is 0 Å². The van der Waals surface area contributed by atoms with E-state index >= 15 is 0 Å². The van der Waals surface area contributed by atoms with E-state index in [2.05, 4.69) is 255 Å². The summed E-state index contributed by atoms with van der Waals surface area (Å²) < 4.78 is 2.62. The summed E-state index contributed by atoms with van der Waals surface area (Å²) >= 11 is 1.88. The maximum Gasteiger partial charge on any atom is 0.0726 e. The van der Waals surface area contributed by atoms with Crippen LogP contribution in [0.4, 0.5) is 17.1 Å². The SMILES string of the molecule is CC1(C)c2ccccc2-c2cccc(N(c3ccc4c5ccccc5c5ccccc5c4c3)c3cc4c(cc3-c3ccc5sc6ccccc6c5c3)-c3ccccc3C43c4ccccc4-c4ccccc43)c21. The molecule has 336 valence electrons. The van der Waals surface area contributed by atoms with Gasteiger partial charge < -0.3 is 4.90 Å². The van der Waals surface area contributed by atoms with Gasteiger partial charge in [-0.05, 0) is 153 Å². The summed E-state index contributed by atoms with van der Waals surface area (Å²) in [6, 6.07) is 90.2. The lowest BCUT2D eigenvalue weighted by Crippen LogP contribution is -2.26. The second-order valence-corrected chi connectivity index (χ2v) is 21.7. The van der Waals surface area contributed by atoms with Crippen molar-refractivity contribution in [2.75, 3.05) is 4.90 Å². The van der Waals surface area contributed by atoms with Gasteiger partial charge in [0.05, 0.1) is 16.8 Å². The van der Waals surface area contributed by atoms with Crippen LogP contribution in [0.1, 0.15) is 47.2 Å². The molecule has 13 aromatic rings. The standard InChI is InChI=1S/C70H45NS/c1-69(2)59-28-12-7-24-51(59)54-27-17-32-64(68(54)69)71(43-35-36-48-46-20-4-3-18-44(46)45-19-5-6-21-47(45)56(48)39-43)65-41-63-57(40-55(65)42-34-37-67-58(38-42)53-26-11-16-33-66(53)72-67)52-25-10-15-31-62(52)70(63)60-29-13-8-22-49(60)50-23-9-14-30-61(50)70/h3-41H,1-2H3. The second kappa shape index (κ2) is 14.5. The van der Waals surface area contributed by atoms with Crippen LogP contribution < -0.4 is 4.90 Å². The minimum absolute atomic E-state index is 0.285. The minimum atomic E-state index is -0.530. The molecule has 0 amide bonds. The summed E-state index contributed by atoms with van der Waals surface area (Å²) in [7, 11) is 0. The van der Waals surface area contributed by atoms with Crippen molar-refractivity contribution in [1.29, 1.82) is 0 Å². The Morgan fingerprint density at radius 3 is 1.46 bits per heavy atom. The van der Waals surface area contributed by atoms with Crippen molar-refractivity contribution in [3.8, 4) is 44.5 Å². The van der Waals surface area contributed by atoms with E-state index in [1.165, 1.54) is 136 Å². The summed E-state index contributed by atoms with van der Waals surface area (Å²) in [4.78, 5) is 2.66. The largest absolute Gasteiger partial charge is 0.310 e. The first kappa shape index (κ1) is 40.2. The highest BCUT2D eigenvalue weighted by molar-refractivity contribution is 7.25. The van der Waals surface area contributed by atoms with Crippen molar-refractivity contribution in [1.82, 2.24) is 0 Å². The molecule has 0 unspecified atom stereocenters. The van der Waals surface area contributed by atoms with Gasteiger partial charge >= 0.3 is 0 Å². The van der Waals surface area contributed by atoms with Gasteiger partial charge in [0.1, 0.15) is 0 Å². The van der Waals surface area contributed by atoms with Gasteiger partial charge in [-0.15, -0.1) is 11.3 Å². The lowest BCUT2D eigenvalue weighted by atomic mass is 9.70. The number of hydrogen-bond acceptors (Lipinski definition) is 2. The Morgan fingerprint density at radius 1 is 0.306 bits per heavy atom. The van der Waals surface area contributed by atoms with E-state index in [-0.39, 0.29) is 5.41 Å². The maximum atomic E-state index is 2.66. The molecule has 12 aromatic carbocycles. The van der Waals surface area contributed by atoms with Crippen LogP contribution in [0.2, 0.25) is 0 Å². The van der Waals surface area contributed by atoms with Crippen molar-refractivity contribution in [3.05, 3.63) is 270 Å². The number of fused-ring (bicyclic) bond motifs is 22. The van der Waals surface area contributed by atoms with Gasteiger partial charge in [0.15, 0.2) is 0 Å². The zero-order valence-corrected chi connectivity index (χ0v) is 40.7. The Kier molecular flexibility index (Phi) is 8.10. The molecular weight excluding hydrogens is 887 g/mol. The molecule has 3 aliphatic rings. The first-order chi connectivity index (χ1) is 35.5. The summed E-state index contributed by atoms with van der Waals surface area (Å²) in [5, 5.41) is 10.2. The molecule has 0 radical (unpaired) electrons. The Bertz CT molecular complexity index is 4430. The number of anilines is 3. The van der Waals surface area contributed by atoms with E-state index in [9.17, 15) is 0 Å². The van der Waals surface area contributed by atoms with Crippen molar-refractivity contribution >= 4 is 80.9 Å². The van der Waals surface area contributed by atoms with Gasteiger partial charge in [0.2, 0.25) is 0 Å². The van der Waals surface area contributed by atoms with E-state index in [4.69, 9.17) is 0 Å². The van der Waals surface area contributed by atoms with E-state index < -0.39 is 5.41 Å². The molecule has 72 heavy (non-hydrogen) atoms. The predicted molar refractivity (Wildman–Crippen MR) is 306 cm³/mol. The quantitative estimate of drug-likeness (QED) is 0.159. The summed E-state index contributed by atoms with van der Waals surface area (Å²) in [5.41, 5.74) is 20.9. The Morgan fingerprint density at radius 2 is 0.806 bits per heavy atom. The molecule has 0 atom stereocenters. The summed E-state index contributed by atoms with van der Waals surface area (Å²) in [6.45, 7) is 4.85. The van der Waals surface area contributed by atoms with Gasteiger partial charge in [-0.1, -0.05) is 202 Å². The average Bonchev–Trinajstić information content (AvgIpc) is 4.12. The molecule has 0 saturated carbocycles. The van der Waals surface area contributed by atoms with Gasteiger partial charge in [-0.3, -0.25) is 0 Å². The van der Waals surface area contributed by atoms with Crippen LogP contribution in [-0.4, -0.2) is 0 Å². The minimum Gasteiger partial charge on any atom is -0.310 e. The van der Waals surface area contributed by atoms with Crippen LogP contribution in [0.25, 0.3) is 97.0 Å². The Hall–Kier alpha value is -8.56.